The molecule has 0 saturated carbocycles. The van der Waals surface area contributed by atoms with Crippen LogP contribution in [-0.4, -0.2) is 30.9 Å². The monoisotopic (exact) mass is 311 g/mol. The summed E-state index contributed by atoms with van der Waals surface area (Å²) in [7, 11) is 0. The van der Waals surface area contributed by atoms with Gasteiger partial charge in [0.05, 0.1) is 6.54 Å². The standard InChI is InChI=1S/C12H14BrN3O2/c1-7-2-8(13)4-9(3-7)16-12(18)10-5-15-11(17)6-14-10/h2-4,10,14H,5-6H2,1H3,(H,15,17)(H,16,18). The van der Waals surface area contributed by atoms with Gasteiger partial charge in [-0.3, -0.25) is 14.9 Å². The summed E-state index contributed by atoms with van der Waals surface area (Å²) in [6.45, 7) is 2.45. The van der Waals surface area contributed by atoms with Crippen LogP contribution in [0.2, 0.25) is 0 Å². The predicted octanol–water partition coefficient (Wildman–Crippen LogP) is 0.784. The van der Waals surface area contributed by atoms with Crippen molar-refractivity contribution in [3.8, 4) is 0 Å². The molecule has 6 heteroatoms. The number of hydrogen-bond acceptors (Lipinski definition) is 3. The molecule has 0 aliphatic carbocycles. The van der Waals surface area contributed by atoms with Gasteiger partial charge >= 0.3 is 0 Å². The fourth-order valence-corrected chi connectivity index (χ4v) is 2.40. The lowest BCUT2D eigenvalue weighted by Crippen LogP contribution is -2.56. The van der Waals surface area contributed by atoms with Crippen molar-refractivity contribution < 1.29 is 9.59 Å². The van der Waals surface area contributed by atoms with E-state index in [1.807, 2.05) is 25.1 Å². The lowest BCUT2D eigenvalue weighted by Gasteiger charge is -2.23. The van der Waals surface area contributed by atoms with Crippen molar-refractivity contribution in [1.29, 1.82) is 0 Å². The van der Waals surface area contributed by atoms with Crippen LogP contribution in [0.3, 0.4) is 0 Å². The van der Waals surface area contributed by atoms with E-state index in [4.69, 9.17) is 0 Å². The van der Waals surface area contributed by atoms with Crippen molar-refractivity contribution in [3.05, 3.63) is 28.2 Å². The van der Waals surface area contributed by atoms with Crippen LogP contribution >= 0.6 is 15.9 Å². The van der Waals surface area contributed by atoms with E-state index in [0.717, 1.165) is 15.7 Å². The molecule has 1 aromatic carbocycles. The third-order valence-electron chi connectivity index (χ3n) is 2.64. The Kier molecular flexibility index (Phi) is 3.98. The van der Waals surface area contributed by atoms with E-state index in [-0.39, 0.29) is 24.4 Å². The Labute approximate surface area is 113 Å². The molecule has 1 unspecified atom stereocenters. The maximum Gasteiger partial charge on any atom is 0.243 e. The zero-order valence-corrected chi connectivity index (χ0v) is 11.5. The average Bonchev–Trinajstić information content (AvgIpc) is 2.28. The Morgan fingerprint density at radius 3 is 2.83 bits per heavy atom. The second kappa shape index (κ2) is 5.49. The minimum atomic E-state index is -0.387. The number of nitrogens with one attached hydrogen (secondary N) is 3. The van der Waals surface area contributed by atoms with Gasteiger partial charge in [0.2, 0.25) is 11.8 Å². The number of carbonyl (C=O) groups is 2. The molecule has 0 aromatic heterocycles. The van der Waals surface area contributed by atoms with Gasteiger partial charge in [-0.2, -0.15) is 0 Å². The third-order valence-corrected chi connectivity index (χ3v) is 3.10. The van der Waals surface area contributed by atoms with Crippen LogP contribution in [0.5, 0.6) is 0 Å². The van der Waals surface area contributed by atoms with Crippen LogP contribution in [0, 0.1) is 6.92 Å². The summed E-state index contributed by atoms with van der Waals surface area (Å²) < 4.78 is 0.919. The number of hydrogen-bond donors (Lipinski definition) is 3. The highest BCUT2D eigenvalue weighted by Crippen LogP contribution is 2.19. The summed E-state index contributed by atoms with van der Waals surface area (Å²) in [5, 5.41) is 8.36. The number of piperazine rings is 1. The maximum absolute atomic E-state index is 12.0. The Morgan fingerprint density at radius 1 is 1.44 bits per heavy atom. The molecule has 2 rings (SSSR count). The largest absolute Gasteiger partial charge is 0.353 e. The van der Waals surface area contributed by atoms with Crippen LogP contribution in [0.4, 0.5) is 5.69 Å². The fourth-order valence-electron chi connectivity index (χ4n) is 1.79. The van der Waals surface area contributed by atoms with Gasteiger partial charge in [0.25, 0.3) is 0 Å². The van der Waals surface area contributed by atoms with E-state index in [2.05, 4.69) is 31.9 Å². The van der Waals surface area contributed by atoms with Crippen LogP contribution in [0.1, 0.15) is 5.56 Å². The maximum atomic E-state index is 12.0. The van der Waals surface area contributed by atoms with Crippen molar-refractivity contribution in [3.63, 3.8) is 0 Å². The molecule has 5 nitrogen and oxygen atoms in total. The lowest BCUT2D eigenvalue weighted by molar-refractivity contribution is -0.124. The first-order valence-electron chi connectivity index (χ1n) is 5.63. The normalized spacial score (nSPS) is 19.2. The summed E-state index contributed by atoms with van der Waals surface area (Å²) in [5.41, 5.74) is 1.80. The highest BCUT2D eigenvalue weighted by molar-refractivity contribution is 9.10. The van der Waals surface area contributed by atoms with Gasteiger partial charge in [0, 0.05) is 16.7 Å². The summed E-state index contributed by atoms with van der Waals surface area (Å²) in [5.74, 6) is -0.232. The molecule has 96 valence electrons. The zero-order chi connectivity index (χ0) is 13.1. The Bertz CT molecular complexity index is 460. The molecule has 0 radical (unpaired) electrons. The van der Waals surface area contributed by atoms with Crippen molar-refractivity contribution in [2.75, 3.05) is 18.4 Å². The van der Waals surface area contributed by atoms with Gasteiger partial charge in [0.15, 0.2) is 0 Å². The number of aryl methyl sites for hydroxylation is 1. The summed E-state index contributed by atoms with van der Waals surface area (Å²) in [4.78, 5) is 22.9. The fraction of sp³-hybridized carbons (Fsp3) is 0.333. The summed E-state index contributed by atoms with van der Waals surface area (Å²) >= 11 is 3.38. The van der Waals surface area contributed by atoms with Crippen molar-refractivity contribution >= 4 is 33.4 Å². The molecule has 1 aliphatic rings. The molecular formula is C12H14BrN3O2. The molecule has 1 aliphatic heterocycles. The van der Waals surface area contributed by atoms with E-state index in [1.165, 1.54) is 0 Å². The highest BCUT2D eigenvalue weighted by atomic mass is 79.9. The molecule has 0 spiro atoms. The van der Waals surface area contributed by atoms with E-state index < -0.39 is 0 Å². The van der Waals surface area contributed by atoms with E-state index >= 15 is 0 Å². The van der Waals surface area contributed by atoms with E-state index in [9.17, 15) is 9.59 Å². The van der Waals surface area contributed by atoms with Gasteiger partial charge in [-0.15, -0.1) is 0 Å². The Morgan fingerprint density at radius 2 is 2.22 bits per heavy atom. The van der Waals surface area contributed by atoms with E-state index in [0.29, 0.717) is 6.54 Å². The Hall–Kier alpha value is -1.40. The van der Waals surface area contributed by atoms with Gasteiger partial charge in [-0.05, 0) is 30.7 Å². The number of anilines is 1. The van der Waals surface area contributed by atoms with Gasteiger partial charge in [0.1, 0.15) is 6.04 Å². The predicted molar refractivity (Wildman–Crippen MR) is 72.3 cm³/mol. The molecule has 0 bridgehead atoms. The number of amides is 2. The zero-order valence-electron chi connectivity index (χ0n) is 9.92. The van der Waals surface area contributed by atoms with Gasteiger partial charge in [-0.1, -0.05) is 15.9 Å². The molecule has 1 saturated heterocycles. The SMILES string of the molecule is Cc1cc(Br)cc(NC(=O)C2CNC(=O)CN2)c1. The smallest absolute Gasteiger partial charge is 0.243 e. The second-order valence-electron chi connectivity index (χ2n) is 4.24. The van der Waals surface area contributed by atoms with Crippen molar-refractivity contribution in [1.82, 2.24) is 10.6 Å². The molecular weight excluding hydrogens is 298 g/mol. The Balaban J connectivity index is 2.00. The van der Waals surface area contributed by atoms with Crippen LogP contribution in [-0.2, 0) is 9.59 Å². The van der Waals surface area contributed by atoms with Crippen LogP contribution in [0.25, 0.3) is 0 Å². The molecule has 1 fully saturated rings. The first-order valence-corrected chi connectivity index (χ1v) is 6.42. The number of benzene rings is 1. The van der Waals surface area contributed by atoms with E-state index in [1.54, 1.807) is 0 Å². The molecule has 1 atom stereocenters. The third kappa shape index (κ3) is 3.30. The van der Waals surface area contributed by atoms with Crippen molar-refractivity contribution in [2.24, 2.45) is 0 Å². The average molecular weight is 312 g/mol. The number of halogens is 1. The first-order chi connectivity index (χ1) is 8.54. The minimum absolute atomic E-state index is 0.0858. The quantitative estimate of drug-likeness (QED) is 0.756. The van der Waals surface area contributed by atoms with Gasteiger partial charge < -0.3 is 10.6 Å². The topological polar surface area (TPSA) is 70.2 Å². The summed E-state index contributed by atoms with van der Waals surface area (Å²) in [6.07, 6.45) is 0. The lowest BCUT2D eigenvalue weighted by atomic mass is 10.2. The first kappa shape index (κ1) is 13.0. The van der Waals surface area contributed by atoms with Crippen LogP contribution < -0.4 is 16.0 Å². The molecule has 1 heterocycles. The number of rotatable bonds is 2. The number of carbonyl (C=O) groups excluding carboxylic acids is 2. The van der Waals surface area contributed by atoms with Crippen LogP contribution in [0.15, 0.2) is 22.7 Å². The highest BCUT2D eigenvalue weighted by Gasteiger charge is 2.23. The molecule has 1 aromatic rings. The second-order valence-corrected chi connectivity index (χ2v) is 5.16. The van der Waals surface area contributed by atoms with Gasteiger partial charge in [-0.25, -0.2) is 0 Å². The molecule has 2 amide bonds. The minimum Gasteiger partial charge on any atom is -0.353 e. The summed E-state index contributed by atoms with van der Waals surface area (Å²) in [6, 6.07) is 5.31. The molecule has 3 N–H and O–H groups in total. The van der Waals surface area contributed by atoms with Crippen molar-refractivity contribution in [2.45, 2.75) is 13.0 Å². The molecule has 18 heavy (non-hydrogen) atoms.